The van der Waals surface area contributed by atoms with Gasteiger partial charge in [-0.25, -0.2) is 9.07 Å². The standard InChI is InChI=1S/C27H24ClF4N5O4/c28-20-4-2-5-22(13-20)40-17-19-7-9-36(25(38)12-19)10-8-21(29)15-37-16-24(34-35-37)26(39)33-14-18-3-1-6-23(11-18)41-27(30,31)32/h1-7,9,11-13,16,21H,8,10,14-15,17H2,(H,33,39). The van der Waals surface area contributed by atoms with Gasteiger partial charge in [-0.3, -0.25) is 9.59 Å². The van der Waals surface area contributed by atoms with Crippen LogP contribution < -0.4 is 20.3 Å². The van der Waals surface area contributed by atoms with Crippen molar-refractivity contribution >= 4 is 17.5 Å². The van der Waals surface area contributed by atoms with E-state index in [1.54, 1.807) is 36.5 Å². The zero-order chi connectivity index (χ0) is 29.4. The maximum absolute atomic E-state index is 14.6. The lowest BCUT2D eigenvalue weighted by Gasteiger charge is -2.11. The van der Waals surface area contributed by atoms with E-state index in [2.05, 4.69) is 20.4 Å². The van der Waals surface area contributed by atoms with E-state index in [0.717, 1.165) is 16.8 Å². The molecule has 1 unspecified atom stereocenters. The summed E-state index contributed by atoms with van der Waals surface area (Å²) in [4.78, 5) is 24.8. The lowest BCUT2D eigenvalue weighted by Crippen LogP contribution is -2.23. The summed E-state index contributed by atoms with van der Waals surface area (Å²) in [5, 5.41) is 10.5. The molecular formula is C27H24ClF4N5O4. The van der Waals surface area contributed by atoms with E-state index < -0.39 is 24.2 Å². The third-order valence-electron chi connectivity index (χ3n) is 5.69. The van der Waals surface area contributed by atoms with Crippen LogP contribution in [0.3, 0.4) is 0 Å². The number of benzene rings is 2. The molecule has 0 aliphatic heterocycles. The first-order valence-electron chi connectivity index (χ1n) is 12.3. The Kier molecular flexibility index (Phi) is 9.61. The van der Waals surface area contributed by atoms with E-state index in [0.29, 0.717) is 21.9 Å². The summed E-state index contributed by atoms with van der Waals surface area (Å²) in [5.74, 6) is -0.481. The molecule has 0 radical (unpaired) electrons. The Morgan fingerprint density at radius 1 is 1.05 bits per heavy atom. The summed E-state index contributed by atoms with van der Waals surface area (Å²) >= 11 is 5.93. The van der Waals surface area contributed by atoms with E-state index in [4.69, 9.17) is 16.3 Å². The number of carbonyl (C=O) groups excluding carboxylic acids is 1. The largest absolute Gasteiger partial charge is 0.573 e. The SMILES string of the molecule is O=C(NCc1cccc(OC(F)(F)F)c1)c1cn(CC(F)CCn2ccc(COc3cccc(Cl)c3)cc2=O)nn1. The Balaban J connectivity index is 1.23. The van der Waals surface area contributed by atoms with Crippen molar-refractivity contribution in [3.8, 4) is 11.5 Å². The fraction of sp³-hybridized carbons (Fsp3) is 0.259. The molecule has 2 heterocycles. The molecule has 2 aromatic heterocycles. The highest BCUT2D eigenvalue weighted by Crippen LogP contribution is 2.23. The third-order valence-corrected chi connectivity index (χ3v) is 5.92. The van der Waals surface area contributed by atoms with Gasteiger partial charge in [0.2, 0.25) is 0 Å². The number of nitrogens with one attached hydrogen (secondary N) is 1. The van der Waals surface area contributed by atoms with Crippen molar-refractivity contribution < 1.29 is 31.8 Å². The molecule has 1 amide bonds. The zero-order valence-corrected chi connectivity index (χ0v) is 22.1. The molecule has 14 heteroatoms. The van der Waals surface area contributed by atoms with Crippen molar-refractivity contribution in [1.82, 2.24) is 24.9 Å². The lowest BCUT2D eigenvalue weighted by atomic mass is 10.2. The first-order chi connectivity index (χ1) is 19.5. The predicted molar refractivity (Wildman–Crippen MR) is 140 cm³/mol. The van der Waals surface area contributed by atoms with Crippen LogP contribution in [0, 0.1) is 0 Å². The van der Waals surface area contributed by atoms with Gasteiger partial charge in [-0.2, -0.15) is 0 Å². The van der Waals surface area contributed by atoms with Crippen LogP contribution in [0.4, 0.5) is 17.6 Å². The molecule has 0 aliphatic rings. The van der Waals surface area contributed by atoms with Gasteiger partial charge in [0.1, 0.15) is 24.3 Å². The molecule has 0 fully saturated rings. The molecule has 4 rings (SSSR count). The predicted octanol–water partition coefficient (Wildman–Crippen LogP) is 4.93. The number of aromatic nitrogens is 4. The van der Waals surface area contributed by atoms with Gasteiger partial charge in [-0.1, -0.05) is 35.0 Å². The summed E-state index contributed by atoms with van der Waals surface area (Å²) in [7, 11) is 0. The Bertz CT molecular complexity index is 1540. The Morgan fingerprint density at radius 3 is 2.59 bits per heavy atom. The lowest BCUT2D eigenvalue weighted by molar-refractivity contribution is -0.274. The Morgan fingerprint density at radius 2 is 1.83 bits per heavy atom. The molecule has 0 bridgehead atoms. The fourth-order valence-electron chi connectivity index (χ4n) is 3.74. The number of ether oxygens (including phenoxy) is 2. The first kappa shape index (κ1) is 29.6. The maximum atomic E-state index is 14.6. The number of hydrogen-bond donors (Lipinski definition) is 1. The normalized spacial score (nSPS) is 12.1. The summed E-state index contributed by atoms with van der Waals surface area (Å²) < 4.78 is 63.9. The third kappa shape index (κ3) is 9.34. The Labute approximate surface area is 236 Å². The van der Waals surface area contributed by atoms with Crippen LogP contribution in [0.25, 0.3) is 0 Å². The van der Waals surface area contributed by atoms with Crippen LogP contribution in [-0.2, 0) is 26.2 Å². The van der Waals surface area contributed by atoms with Crippen molar-refractivity contribution in [3.63, 3.8) is 0 Å². The minimum Gasteiger partial charge on any atom is -0.489 e. The molecule has 4 aromatic rings. The van der Waals surface area contributed by atoms with E-state index in [1.165, 1.54) is 29.0 Å². The minimum absolute atomic E-state index is 0.00992. The van der Waals surface area contributed by atoms with Crippen molar-refractivity contribution in [2.45, 2.75) is 45.2 Å². The highest BCUT2D eigenvalue weighted by molar-refractivity contribution is 6.30. The molecule has 41 heavy (non-hydrogen) atoms. The molecule has 216 valence electrons. The number of halogens is 5. The van der Waals surface area contributed by atoms with E-state index in [9.17, 15) is 27.2 Å². The van der Waals surface area contributed by atoms with Crippen LogP contribution in [0.2, 0.25) is 5.02 Å². The van der Waals surface area contributed by atoms with Gasteiger partial charge in [0.15, 0.2) is 5.69 Å². The van der Waals surface area contributed by atoms with Gasteiger partial charge in [-0.15, -0.1) is 18.3 Å². The molecule has 0 saturated carbocycles. The van der Waals surface area contributed by atoms with E-state index >= 15 is 0 Å². The summed E-state index contributed by atoms with van der Waals surface area (Å²) in [5.41, 5.74) is 0.623. The quantitative estimate of drug-likeness (QED) is 0.234. The van der Waals surface area contributed by atoms with Gasteiger partial charge in [0.05, 0.1) is 12.7 Å². The minimum atomic E-state index is -4.83. The number of carbonyl (C=O) groups is 1. The molecule has 0 saturated heterocycles. The second kappa shape index (κ2) is 13.3. The van der Waals surface area contributed by atoms with Crippen LogP contribution >= 0.6 is 11.6 Å². The van der Waals surface area contributed by atoms with Crippen LogP contribution in [0.1, 0.15) is 28.0 Å². The van der Waals surface area contributed by atoms with Crippen LogP contribution in [-0.4, -0.2) is 38.0 Å². The molecule has 1 N–H and O–H groups in total. The van der Waals surface area contributed by atoms with Gasteiger partial charge in [0.25, 0.3) is 11.5 Å². The number of aryl methyl sites for hydroxylation is 1. The van der Waals surface area contributed by atoms with Crippen molar-refractivity contribution in [1.29, 1.82) is 0 Å². The van der Waals surface area contributed by atoms with Gasteiger partial charge in [-0.05, 0) is 53.9 Å². The van der Waals surface area contributed by atoms with Crippen molar-refractivity contribution in [2.24, 2.45) is 0 Å². The maximum Gasteiger partial charge on any atom is 0.573 e. The number of nitrogens with zero attached hydrogens (tertiary/aromatic N) is 4. The second-order valence-corrected chi connectivity index (χ2v) is 9.34. The second-order valence-electron chi connectivity index (χ2n) is 8.90. The summed E-state index contributed by atoms with van der Waals surface area (Å²) in [6.07, 6.45) is -3.39. The van der Waals surface area contributed by atoms with Gasteiger partial charge >= 0.3 is 6.36 Å². The number of amides is 1. The highest BCUT2D eigenvalue weighted by Gasteiger charge is 2.31. The van der Waals surface area contributed by atoms with Crippen LogP contribution in [0.15, 0.2) is 77.9 Å². The molecule has 0 aliphatic carbocycles. The molecule has 9 nitrogen and oxygen atoms in total. The average molecular weight is 594 g/mol. The van der Waals surface area contributed by atoms with E-state index in [1.807, 2.05) is 0 Å². The molecule has 1 atom stereocenters. The van der Waals surface area contributed by atoms with Gasteiger partial charge < -0.3 is 19.4 Å². The monoisotopic (exact) mass is 593 g/mol. The number of pyridine rings is 1. The smallest absolute Gasteiger partial charge is 0.489 e. The van der Waals surface area contributed by atoms with Gasteiger partial charge in [0, 0.05) is 30.4 Å². The van der Waals surface area contributed by atoms with E-state index in [-0.39, 0.29) is 43.9 Å². The van der Waals surface area contributed by atoms with Crippen LogP contribution in [0.5, 0.6) is 11.5 Å². The van der Waals surface area contributed by atoms with Crippen molar-refractivity contribution in [2.75, 3.05) is 0 Å². The molecular weight excluding hydrogens is 570 g/mol. The zero-order valence-electron chi connectivity index (χ0n) is 21.4. The molecule has 0 spiro atoms. The number of hydrogen-bond acceptors (Lipinski definition) is 6. The summed E-state index contributed by atoms with van der Waals surface area (Å²) in [6.45, 7) is 0.00197. The number of alkyl halides is 4. The number of rotatable bonds is 12. The highest BCUT2D eigenvalue weighted by atomic mass is 35.5. The van der Waals surface area contributed by atoms with Crippen molar-refractivity contribution in [3.05, 3.63) is 105 Å². The first-order valence-corrected chi connectivity index (χ1v) is 12.7. The average Bonchev–Trinajstić information content (AvgIpc) is 3.38. The summed E-state index contributed by atoms with van der Waals surface area (Å²) in [6, 6.07) is 15.2. The Hall–Kier alpha value is -4.39. The topological polar surface area (TPSA) is 100 Å². The fourth-order valence-corrected chi connectivity index (χ4v) is 3.92. The molecule has 2 aromatic carbocycles.